The van der Waals surface area contributed by atoms with Crippen LogP contribution in [0.1, 0.15) is 45.0 Å². The molecule has 0 aromatic heterocycles. The maximum absolute atomic E-state index is 5.32. The molecule has 0 bridgehead atoms. The third-order valence-corrected chi connectivity index (χ3v) is 13.9. The molecule has 2 heterocycles. The smallest absolute Gasteiger partial charge is 0.134 e. The van der Waals surface area contributed by atoms with Gasteiger partial charge in [-0.2, -0.15) is 0 Å². The van der Waals surface area contributed by atoms with Crippen molar-refractivity contribution < 1.29 is 0 Å². The Morgan fingerprint density at radius 2 is 0.985 bits per heavy atom. The number of anilines is 3. The van der Waals surface area contributed by atoms with Gasteiger partial charge in [0.25, 0.3) is 0 Å². The van der Waals surface area contributed by atoms with Crippen LogP contribution in [0.25, 0.3) is 49.9 Å². The lowest BCUT2D eigenvalue weighted by atomic mass is 9.64. The second kappa shape index (κ2) is 15.3. The Balaban J connectivity index is 0.980. The lowest BCUT2D eigenvalue weighted by Gasteiger charge is -2.45. The molecule has 0 radical (unpaired) electrons. The van der Waals surface area contributed by atoms with Crippen LogP contribution in [0.5, 0.6) is 0 Å². The summed E-state index contributed by atoms with van der Waals surface area (Å²) in [6, 6.07) is 88.5. The van der Waals surface area contributed by atoms with Crippen molar-refractivity contribution in [3.8, 4) is 33.4 Å². The van der Waals surface area contributed by atoms with E-state index in [1.165, 1.54) is 77.8 Å². The molecule has 66 heavy (non-hydrogen) atoms. The molecular formula is C63H43N3. The van der Waals surface area contributed by atoms with Gasteiger partial charge in [-0.1, -0.05) is 206 Å². The van der Waals surface area contributed by atoms with E-state index in [1.807, 2.05) is 0 Å². The standard InChI is InChI=1S/C63H43N3/c1-4-17-42(18-5-1)43-31-33-45(34-32-43)57-41-58(65-62(64-57)46-20-6-2-7-21-46)49-23-16-22-47(39-49)48-35-37-52-56(40-48)63(55-38-36-44-19-10-11-26-51(44)61(52)55)53-27-12-14-29-59(53)66(50-24-8-3-9-25-50)60-30-15-13-28-54(60)63/h1-41,57H,(H,64,65). The molecule has 10 aromatic rings. The molecule has 1 aliphatic carbocycles. The van der Waals surface area contributed by atoms with Crippen LogP contribution < -0.4 is 10.2 Å². The molecule has 0 saturated heterocycles. The summed E-state index contributed by atoms with van der Waals surface area (Å²) in [6.07, 6.45) is 2.27. The largest absolute Gasteiger partial charge is 0.359 e. The molecule has 3 aliphatic rings. The fraction of sp³-hybridized carbons (Fsp3) is 0.0317. The topological polar surface area (TPSA) is 27.6 Å². The zero-order valence-electron chi connectivity index (χ0n) is 36.1. The number of fused-ring (bicyclic) bond motifs is 11. The van der Waals surface area contributed by atoms with Crippen LogP contribution in [-0.4, -0.2) is 5.84 Å². The molecule has 0 amide bonds. The molecule has 0 fully saturated rings. The lowest BCUT2D eigenvalue weighted by Crippen LogP contribution is -2.36. The van der Waals surface area contributed by atoms with Gasteiger partial charge >= 0.3 is 0 Å². The van der Waals surface area contributed by atoms with Crippen molar-refractivity contribution in [1.82, 2.24) is 5.32 Å². The molecule has 2 aliphatic heterocycles. The lowest BCUT2D eigenvalue weighted by molar-refractivity contribution is 0.753. The minimum Gasteiger partial charge on any atom is -0.359 e. The summed E-state index contributed by atoms with van der Waals surface area (Å²) >= 11 is 0. The first-order valence-electron chi connectivity index (χ1n) is 22.8. The molecule has 1 unspecified atom stereocenters. The average Bonchev–Trinajstić information content (AvgIpc) is 3.70. The van der Waals surface area contributed by atoms with E-state index in [1.54, 1.807) is 0 Å². The highest BCUT2D eigenvalue weighted by atomic mass is 15.2. The summed E-state index contributed by atoms with van der Waals surface area (Å²) in [5, 5.41) is 6.29. The summed E-state index contributed by atoms with van der Waals surface area (Å²) in [7, 11) is 0. The first-order valence-corrected chi connectivity index (χ1v) is 22.8. The van der Waals surface area contributed by atoms with Crippen molar-refractivity contribution in [2.24, 2.45) is 4.99 Å². The molecule has 1 N–H and O–H groups in total. The first-order chi connectivity index (χ1) is 32.7. The molecular weight excluding hydrogens is 799 g/mol. The fourth-order valence-corrected chi connectivity index (χ4v) is 10.9. The van der Waals surface area contributed by atoms with Gasteiger partial charge in [0.1, 0.15) is 5.84 Å². The SMILES string of the molecule is C1=C(c2cccc(-c3ccc4c(c3)C3(c5ccccc5N(c5ccccc5)c5ccccc53)c3ccc5ccccc5c3-4)c2)N=C(c2ccccc2)NC1c1ccc(-c2ccccc2)cc1. The average molecular weight is 842 g/mol. The van der Waals surface area contributed by atoms with Crippen molar-refractivity contribution >= 4 is 39.4 Å². The highest BCUT2D eigenvalue weighted by Gasteiger charge is 2.52. The number of benzene rings is 10. The van der Waals surface area contributed by atoms with E-state index in [4.69, 9.17) is 4.99 Å². The van der Waals surface area contributed by atoms with Crippen molar-refractivity contribution in [3.05, 3.63) is 288 Å². The number of rotatable bonds is 6. The van der Waals surface area contributed by atoms with Crippen LogP contribution in [0.2, 0.25) is 0 Å². The number of hydrogen-bond donors (Lipinski definition) is 1. The van der Waals surface area contributed by atoms with E-state index in [2.05, 4.69) is 259 Å². The molecule has 10 aromatic carbocycles. The van der Waals surface area contributed by atoms with Gasteiger partial charge in [0.15, 0.2) is 0 Å². The summed E-state index contributed by atoms with van der Waals surface area (Å²) in [4.78, 5) is 7.77. The van der Waals surface area contributed by atoms with E-state index in [-0.39, 0.29) is 6.04 Å². The molecule has 310 valence electrons. The van der Waals surface area contributed by atoms with E-state index in [0.29, 0.717) is 0 Å². The second-order valence-corrected chi connectivity index (χ2v) is 17.5. The fourth-order valence-electron chi connectivity index (χ4n) is 10.9. The minimum absolute atomic E-state index is 0.0729. The van der Waals surface area contributed by atoms with Crippen molar-refractivity contribution in [3.63, 3.8) is 0 Å². The number of aliphatic imine (C=N–C) groups is 1. The second-order valence-electron chi connectivity index (χ2n) is 17.5. The quantitative estimate of drug-likeness (QED) is 0.181. The number of nitrogens with zero attached hydrogens (tertiary/aromatic N) is 2. The van der Waals surface area contributed by atoms with Crippen LogP contribution in [0.15, 0.2) is 254 Å². The van der Waals surface area contributed by atoms with Gasteiger partial charge in [-0.15, -0.1) is 0 Å². The van der Waals surface area contributed by atoms with E-state index in [0.717, 1.165) is 33.9 Å². The third kappa shape index (κ3) is 5.94. The van der Waals surface area contributed by atoms with Crippen molar-refractivity contribution in [2.75, 3.05) is 4.90 Å². The van der Waals surface area contributed by atoms with E-state index < -0.39 is 5.41 Å². The highest BCUT2D eigenvalue weighted by molar-refractivity contribution is 6.07. The van der Waals surface area contributed by atoms with Crippen LogP contribution in [0.3, 0.4) is 0 Å². The number of amidine groups is 1. The van der Waals surface area contributed by atoms with Crippen molar-refractivity contribution in [1.29, 1.82) is 0 Å². The van der Waals surface area contributed by atoms with E-state index >= 15 is 0 Å². The molecule has 1 spiro atoms. The maximum atomic E-state index is 5.32. The predicted molar refractivity (Wildman–Crippen MR) is 274 cm³/mol. The molecule has 13 rings (SSSR count). The summed E-state index contributed by atoms with van der Waals surface area (Å²) in [6.45, 7) is 0. The molecule has 0 saturated carbocycles. The Morgan fingerprint density at radius 1 is 0.409 bits per heavy atom. The monoisotopic (exact) mass is 841 g/mol. The van der Waals surface area contributed by atoms with Gasteiger partial charge in [-0.3, -0.25) is 0 Å². The number of hydrogen-bond acceptors (Lipinski definition) is 3. The van der Waals surface area contributed by atoms with Gasteiger partial charge in [0, 0.05) is 16.8 Å². The van der Waals surface area contributed by atoms with Crippen LogP contribution >= 0.6 is 0 Å². The van der Waals surface area contributed by atoms with E-state index in [9.17, 15) is 0 Å². The van der Waals surface area contributed by atoms with Gasteiger partial charge in [0.2, 0.25) is 0 Å². The minimum atomic E-state index is -0.573. The van der Waals surface area contributed by atoms with Crippen LogP contribution in [-0.2, 0) is 5.41 Å². The molecule has 1 atom stereocenters. The molecule has 3 heteroatoms. The van der Waals surface area contributed by atoms with Gasteiger partial charge in [-0.05, 0) is 114 Å². The van der Waals surface area contributed by atoms with Gasteiger partial charge in [0.05, 0.1) is 28.5 Å². The molecule has 3 nitrogen and oxygen atoms in total. The summed E-state index contributed by atoms with van der Waals surface area (Å²) < 4.78 is 0. The maximum Gasteiger partial charge on any atom is 0.134 e. The number of nitrogens with one attached hydrogen (secondary N) is 1. The normalized spacial score (nSPS) is 15.2. The Morgan fingerprint density at radius 3 is 1.73 bits per heavy atom. The van der Waals surface area contributed by atoms with Gasteiger partial charge < -0.3 is 10.2 Å². The Bertz CT molecular complexity index is 3510. The Labute approximate surface area is 385 Å². The Kier molecular flexibility index (Phi) is 8.82. The summed E-state index contributed by atoms with van der Waals surface area (Å²) in [5.74, 6) is 0.860. The number of para-hydroxylation sites is 3. The summed E-state index contributed by atoms with van der Waals surface area (Å²) in [5.41, 5.74) is 19.7. The predicted octanol–water partition coefficient (Wildman–Crippen LogP) is 15.5. The van der Waals surface area contributed by atoms with Gasteiger partial charge in [-0.25, -0.2) is 4.99 Å². The first kappa shape index (κ1) is 38.0. The van der Waals surface area contributed by atoms with Crippen LogP contribution in [0, 0.1) is 0 Å². The third-order valence-electron chi connectivity index (χ3n) is 13.9. The zero-order valence-corrected chi connectivity index (χ0v) is 36.1. The Hall–Kier alpha value is -8.53. The highest BCUT2D eigenvalue weighted by Crippen LogP contribution is 2.64. The van der Waals surface area contributed by atoms with Crippen LogP contribution in [0.4, 0.5) is 17.1 Å². The zero-order chi connectivity index (χ0) is 43.6. The van der Waals surface area contributed by atoms with Crippen molar-refractivity contribution in [2.45, 2.75) is 11.5 Å².